The lowest BCUT2D eigenvalue weighted by atomic mass is 9.95. The molecule has 1 aromatic heterocycles. The maximum Gasteiger partial charge on any atom is 0.241 e. The number of nitrogens with zero attached hydrogens (tertiary/aromatic N) is 3. The molecule has 1 atom stereocenters. The summed E-state index contributed by atoms with van der Waals surface area (Å²) in [5.41, 5.74) is 1.07. The highest BCUT2D eigenvalue weighted by atomic mass is 16.5. The fraction of sp³-hybridized carbons (Fsp3) is 0.556. The largest absolute Gasteiger partial charge is 0.497 e. The van der Waals surface area contributed by atoms with Gasteiger partial charge in [0.15, 0.2) is 0 Å². The van der Waals surface area contributed by atoms with Gasteiger partial charge < -0.3 is 19.3 Å². The van der Waals surface area contributed by atoms with Crippen LogP contribution in [0.2, 0.25) is 0 Å². The molecule has 0 radical (unpaired) electrons. The molecule has 2 aliphatic heterocycles. The van der Waals surface area contributed by atoms with Gasteiger partial charge in [0.1, 0.15) is 11.5 Å². The molecule has 2 aliphatic rings. The fourth-order valence-electron chi connectivity index (χ4n) is 4.03. The van der Waals surface area contributed by atoms with Crippen LogP contribution in [0, 0.1) is 0 Å². The first-order valence-electron chi connectivity index (χ1n) is 8.75. The lowest BCUT2D eigenvalue weighted by molar-refractivity contribution is 0.130. The second-order valence-corrected chi connectivity index (χ2v) is 6.75. The van der Waals surface area contributed by atoms with Gasteiger partial charge in [-0.2, -0.15) is 4.98 Å². The Balaban J connectivity index is 1.55. The Morgan fingerprint density at radius 1 is 1.28 bits per heavy atom. The van der Waals surface area contributed by atoms with Crippen LogP contribution in [0.15, 0.2) is 22.7 Å². The number of benzene rings is 1. The highest BCUT2D eigenvalue weighted by Gasteiger charge is 2.43. The van der Waals surface area contributed by atoms with Crippen LogP contribution in [-0.4, -0.2) is 54.4 Å². The van der Waals surface area contributed by atoms with Gasteiger partial charge in [0.05, 0.1) is 26.3 Å². The van der Waals surface area contributed by atoms with Gasteiger partial charge in [-0.3, -0.25) is 4.90 Å². The predicted molar refractivity (Wildman–Crippen MR) is 92.7 cm³/mol. The van der Waals surface area contributed by atoms with E-state index in [0.29, 0.717) is 24.0 Å². The van der Waals surface area contributed by atoms with E-state index in [1.165, 1.54) is 19.3 Å². The minimum atomic E-state index is 0.270. The van der Waals surface area contributed by atoms with Crippen LogP contribution in [0.3, 0.4) is 0 Å². The number of methoxy groups -OCH3 is 2. The average Bonchev–Trinajstić information content (AvgIpc) is 3.38. The maximum atomic E-state index is 5.53. The maximum absolute atomic E-state index is 5.53. The molecule has 4 rings (SSSR count). The van der Waals surface area contributed by atoms with Gasteiger partial charge in [0, 0.05) is 18.2 Å². The summed E-state index contributed by atoms with van der Waals surface area (Å²) < 4.78 is 16.2. The summed E-state index contributed by atoms with van der Waals surface area (Å²) in [6.45, 7) is 3.94. The van der Waals surface area contributed by atoms with E-state index in [2.05, 4.69) is 20.4 Å². The molecule has 134 valence electrons. The molecule has 7 nitrogen and oxygen atoms in total. The Morgan fingerprint density at radius 2 is 2.20 bits per heavy atom. The normalized spacial score (nSPS) is 23.4. The standard InChI is InChI=1S/C18H24N4O3/c1-23-13-4-5-14(15(10-13)24-2)17-20-16(25-21-17)11-22-9-3-6-18(22)7-8-19-12-18/h4-5,10,19H,3,6-9,11-12H2,1-2H3. The van der Waals surface area contributed by atoms with Crippen molar-refractivity contribution < 1.29 is 14.0 Å². The first-order valence-corrected chi connectivity index (χ1v) is 8.75. The number of nitrogens with one attached hydrogen (secondary N) is 1. The van der Waals surface area contributed by atoms with Gasteiger partial charge in [0.25, 0.3) is 0 Å². The van der Waals surface area contributed by atoms with Crippen molar-refractivity contribution in [2.75, 3.05) is 33.9 Å². The van der Waals surface area contributed by atoms with Crippen molar-refractivity contribution in [3.05, 3.63) is 24.1 Å². The van der Waals surface area contributed by atoms with E-state index in [1.807, 2.05) is 18.2 Å². The minimum absolute atomic E-state index is 0.270. The molecule has 1 aromatic carbocycles. The molecule has 1 spiro atoms. The molecule has 25 heavy (non-hydrogen) atoms. The molecule has 3 heterocycles. The molecular weight excluding hydrogens is 320 g/mol. The summed E-state index contributed by atoms with van der Waals surface area (Å²) in [7, 11) is 3.25. The summed E-state index contributed by atoms with van der Waals surface area (Å²) in [6, 6.07) is 5.59. The summed E-state index contributed by atoms with van der Waals surface area (Å²) in [6.07, 6.45) is 3.67. The Kier molecular flexibility index (Phi) is 4.35. The van der Waals surface area contributed by atoms with Crippen molar-refractivity contribution in [3.63, 3.8) is 0 Å². The molecule has 7 heteroatoms. The second-order valence-electron chi connectivity index (χ2n) is 6.75. The van der Waals surface area contributed by atoms with Crippen LogP contribution < -0.4 is 14.8 Å². The average molecular weight is 344 g/mol. The predicted octanol–water partition coefficient (Wildman–Crippen LogP) is 2.08. The number of hydrogen-bond donors (Lipinski definition) is 1. The van der Waals surface area contributed by atoms with Gasteiger partial charge >= 0.3 is 0 Å². The van der Waals surface area contributed by atoms with Crippen molar-refractivity contribution in [1.82, 2.24) is 20.4 Å². The third-order valence-electron chi connectivity index (χ3n) is 5.41. The zero-order valence-corrected chi connectivity index (χ0v) is 14.7. The van der Waals surface area contributed by atoms with Crippen molar-refractivity contribution >= 4 is 0 Å². The van der Waals surface area contributed by atoms with Gasteiger partial charge in [0.2, 0.25) is 11.7 Å². The Bertz CT molecular complexity index is 734. The number of hydrogen-bond acceptors (Lipinski definition) is 7. The number of ether oxygens (including phenoxy) is 2. The van der Waals surface area contributed by atoms with E-state index in [1.54, 1.807) is 14.2 Å². The van der Waals surface area contributed by atoms with Crippen LogP contribution in [0.5, 0.6) is 11.5 Å². The first kappa shape index (κ1) is 16.4. The second kappa shape index (κ2) is 6.65. The first-order chi connectivity index (χ1) is 12.2. The third-order valence-corrected chi connectivity index (χ3v) is 5.41. The molecule has 0 saturated carbocycles. The fourth-order valence-corrected chi connectivity index (χ4v) is 4.03. The van der Waals surface area contributed by atoms with Crippen molar-refractivity contribution in [2.24, 2.45) is 0 Å². The molecule has 1 unspecified atom stereocenters. The SMILES string of the molecule is COc1ccc(-c2noc(CN3CCCC34CCNC4)n2)c(OC)c1. The molecule has 0 aliphatic carbocycles. The van der Waals surface area contributed by atoms with Gasteiger partial charge in [-0.15, -0.1) is 0 Å². The van der Waals surface area contributed by atoms with E-state index in [9.17, 15) is 0 Å². The zero-order valence-electron chi connectivity index (χ0n) is 14.7. The summed E-state index contributed by atoms with van der Waals surface area (Å²) in [4.78, 5) is 7.10. The van der Waals surface area contributed by atoms with Crippen molar-refractivity contribution in [3.8, 4) is 22.9 Å². The summed E-state index contributed by atoms with van der Waals surface area (Å²) >= 11 is 0. The summed E-state index contributed by atoms with van der Waals surface area (Å²) in [5, 5.41) is 7.65. The monoisotopic (exact) mass is 344 g/mol. The zero-order chi connectivity index (χ0) is 17.3. The van der Waals surface area contributed by atoms with E-state index in [-0.39, 0.29) is 5.54 Å². The molecule has 1 N–H and O–H groups in total. The molecule has 2 aromatic rings. The molecular formula is C18H24N4O3. The van der Waals surface area contributed by atoms with E-state index in [0.717, 1.165) is 30.9 Å². The highest BCUT2D eigenvalue weighted by Crippen LogP contribution is 2.36. The van der Waals surface area contributed by atoms with Crippen LogP contribution in [0.4, 0.5) is 0 Å². The molecule has 2 saturated heterocycles. The number of likely N-dealkylation sites (tertiary alicyclic amines) is 1. The van der Waals surface area contributed by atoms with E-state index >= 15 is 0 Å². The van der Waals surface area contributed by atoms with Crippen LogP contribution >= 0.6 is 0 Å². The lowest BCUT2D eigenvalue weighted by Gasteiger charge is -2.33. The Hall–Kier alpha value is -2.12. The third kappa shape index (κ3) is 2.98. The quantitative estimate of drug-likeness (QED) is 0.890. The molecule has 0 bridgehead atoms. The van der Waals surface area contributed by atoms with Crippen molar-refractivity contribution in [2.45, 2.75) is 31.3 Å². The lowest BCUT2D eigenvalue weighted by Crippen LogP contribution is -2.45. The Labute approximate surface area is 147 Å². The topological polar surface area (TPSA) is 72.7 Å². The number of rotatable bonds is 5. The van der Waals surface area contributed by atoms with Crippen LogP contribution in [0.1, 0.15) is 25.2 Å². The van der Waals surface area contributed by atoms with Crippen molar-refractivity contribution in [1.29, 1.82) is 0 Å². The highest BCUT2D eigenvalue weighted by molar-refractivity contribution is 5.65. The molecule has 2 fully saturated rings. The number of aromatic nitrogens is 2. The van der Waals surface area contributed by atoms with Gasteiger partial charge in [-0.25, -0.2) is 0 Å². The van der Waals surface area contributed by atoms with Gasteiger partial charge in [-0.1, -0.05) is 5.16 Å². The summed E-state index contributed by atoms with van der Waals surface area (Å²) in [5.74, 6) is 2.61. The molecule has 0 amide bonds. The van der Waals surface area contributed by atoms with E-state index in [4.69, 9.17) is 14.0 Å². The van der Waals surface area contributed by atoms with E-state index < -0.39 is 0 Å². The minimum Gasteiger partial charge on any atom is -0.497 e. The smallest absolute Gasteiger partial charge is 0.241 e. The van der Waals surface area contributed by atoms with Crippen LogP contribution in [-0.2, 0) is 6.54 Å². The van der Waals surface area contributed by atoms with Crippen LogP contribution in [0.25, 0.3) is 11.4 Å². The Morgan fingerprint density at radius 3 is 2.96 bits per heavy atom. The van der Waals surface area contributed by atoms with Gasteiger partial charge in [-0.05, 0) is 44.5 Å².